The van der Waals surface area contributed by atoms with Gasteiger partial charge in [-0.3, -0.25) is 0 Å². The molecule has 1 saturated heterocycles. The van der Waals surface area contributed by atoms with E-state index in [1.807, 2.05) is 24.3 Å². The summed E-state index contributed by atoms with van der Waals surface area (Å²) >= 11 is 5.85. The Morgan fingerprint density at radius 2 is 2.05 bits per heavy atom. The zero-order valence-electron chi connectivity index (χ0n) is 10.3. The van der Waals surface area contributed by atoms with E-state index in [1.54, 1.807) is 0 Å². The molecule has 0 saturated carbocycles. The van der Waals surface area contributed by atoms with E-state index in [1.165, 1.54) is 0 Å². The second-order valence-corrected chi connectivity index (χ2v) is 4.94. The first-order valence-corrected chi connectivity index (χ1v) is 6.51. The first-order valence-electron chi connectivity index (χ1n) is 6.13. The summed E-state index contributed by atoms with van der Waals surface area (Å²) in [6.45, 7) is 2.00. The Bertz CT molecular complexity index is 521. The molecule has 1 atom stereocenters. The monoisotopic (exact) mass is 299 g/mol. The predicted molar refractivity (Wildman–Crippen MR) is 76.8 cm³/mol. The molecular formula is C13H15Cl2N3O. The minimum atomic E-state index is 0. The Kier molecular flexibility index (Phi) is 4.80. The molecule has 102 valence electrons. The Morgan fingerprint density at radius 3 is 2.74 bits per heavy atom. The molecule has 3 rings (SSSR count). The average molecular weight is 300 g/mol. The van der Waals surface area contributed by atoms with Crippen molar-refractivity contribution in [3.8, 4) is 11.4 Å². The smallest absolute Gasteiger partial charge is 0.231 e. The maximum absolute atomic E-state index is 5.85. The molecular weight excluding hydrogens is 285 g/mol. The van der Waals surface area contributed by atoms with E-state index in [2.05, 4.69) is 15.5 Å². The number of aromatic nitrogens is 2. The van der Waals surface area contributed by atoms with Gasteiger partial charge in [-0.15, -0.1) is 12.4 Å². The highest BCUT2D eigenvalue weighted by molar-refractivity contribution is 6.30. The summed E-state index contributed by atoms with van der Waals surface area (Å²) in [5.74, 6) is 1.70. The topological polar surface area (TPSA) is 51.0 Å². The third-order valence-corrected chi connectivity index (χ3v) is 3.44. The predicted octanol–water partition coefficient (Wildman–Crippen LogP) is 3.28. The second kappa shape index (κ2) is 6.37. The first kappa shape index (κ1) is 14.3. The fourth-order valence-corrected chi connectivity index (χ4v) is 2.31. The van der Waals surface area contributed by atoms with Gasteiger partial charge in [0.1, 0.15) is 0 Å². The lowest BCUT2D eigenvalue weighted by molar-refractivity contribution is 0.322. The lowest BCUT2D eigenvalue weighted by atomic mass is 10.00. The van der Waals surface area contributed by atoms with Crippen LogP contribution in [0.4, 0.5) is 0 Å². The van der Waals surface area contributed by atoms with Gasteiger partial charge >= 0.3 is 0 Å². The van der Waals surface area contributed by atoms with Crippen LogP contribution in [-0.2, 0) is 0 Å². The fraction of sp³-hybridized carbons (Fsp3) is 0.385. The van der Waals surface area contributed by atoms with E-state index in [4.69, 9.17) is 16.1 Å². The van der Waals surface area contributed by atoms with Gasteiger partial charge in [0.25, 0.3) is 0 Å². The van der Waals surface area contributed by atoms with E-state index < -0.39 is 0 Å². The fourth-order valence-electron chi connectivity index (χ4n) is 2.18. The molecule has 2 heterocycles. The molecule has 1 aliphatic rings. The molecule has 4 nitrogen and oxygen atoms in total. The van der Waals surface area contributed by atoms with Crippen molar-refractivity contribution < 1.29 is 4.52 Å². The number of benzene rings is 1. The lowest BCUT2D eigenvalue weighted by Crippen LogP contribution is -2.28. The molecule has 0 bridgehead atoms. The molecule has 1 fully saturated rings. The van der Waals surface area contributed by atoms with Crippen molar-refractivity contribution in [1.29, 1.82) is 0 Å². The van der Waals surface area contributed by atoms with Crippen molar-refractivity contribution in [3.63, 3.8) is 0 Å². The molecule has 2 aromatic rings. The number of piperidine rings is 1. The van der Waals surface area contributed by atoms with Crippen LogP contribution < -0.4 is 5.32 Å². The average Bonchev–Trinajstić information content (AvgIpc) is 2.90. The Balaban J connectivity index is 0.00000133. The third kappa shape index (κ3) is 3.26. The molecule has 0 spiro atoms. The van der Waals surface area contributed by atoms with Crippen LogP contribution in [0.1, 0.15) is 24.7 Å². The molecule has 19 heavy (non-hydrogen) atoms. The molecule has 6 heteroatoms. The Hall–Kier alpha value is -1.10. The maximum atomic E-state index is 5.85. The summed E-state index contributed by atoms with van der Waals surface area (Å²) in [6.07, 6.45) is 2.26. The minimum Gasteiger partial charge on any atom is -0.339 e. The van der Waals surface area contributed by atoms with Crippen molar-refractivity contribution in [2.75, 3.05) is 13.1 Å². The van der Waals surface area contributed by atoms with Crippen LogP contribution in [0.25, 0.3) is 11.4 Å². The van der Waals surface area contributed by atoms with Gasteiger partial charge in [-0.25, -0.2) is 0 Å². The van der Waals surface area contributed by atoms with Crippen LogP contribution in [0.2, 0.25) is 5.02 Å². The van der Waals surface area contributed by atoms with Crippen LogP contribution in [-0.4, -0.2) is 23.2 Å². The van der Waals surface area contributed by atoms with E-state index in [0.29, 0.717) is 16.8 Å². The summed E-state index contributed by atoms with van der Waals surface area (Å²) in [4.78, 5) is 4.47. The van der Waals surface area contributed by atoms with E-state index >= 15 is 0 Å². The minimum absolute atomic E-state index is 0. The van der Waals surface area contributed by atoms with Crippen molar-refractivity contribution >= 4 is 24.0 Å². The SMILES string of the molecule is Cl.Clc1ccc(-c2noc(C3CCCNC3)n2)cc1. The Morgan fingerprint density at radius 1 is 1.26 bits per heavy atom. The number of rotatable bonds is 2. The van der Waals surface area contributed by atoms with Gasteiger partial charge in [0.2, 0.25) is 11.7 Å². The van der Waals surface area contributed by atoms with Crippen molar-refractivity contribution in [1.82, 2.24) is 15.5 Å². The van der Waals surface area contributed by atoms with Crippen LogP contribution in [0.3, 0.4) is 0 Å². The van der Waals surface area contributed by atoms with Crippen LogP contribution in [0.5, 0.6) is 0 Å². The van der Waals surface area contributed by atoms with Gasteiger partial charge in [-0.05, 0) is 43.7 Å². The number of nitrogens with zero attached hydrogens (tertiary/aromatic N) is 2. The highest BCUT2D eigenvalue weighted by Crippen LogP contribution is 2.25. The summed E-state index contributed by atoms with van der Waals surface area (Å²) in [5, 5.41) is 8.09. The van der Waals surface area contributed by atoms with Crippen LogP contribution >= 0.6 is 24.0 Å². The van der Waals surface area contributed by atoms with Crippen molar-refractivity contribution in [2.45, 2.75) is 18.8 Å². The number of hydrogen-bond acceptors (Lipinski definition) is 4. The summed E-state index contributed by atoms with van der Waals surface area (Å²) in [7, 11) is 0. The van der Waals surface area contributed by atoms with Gasteiger partial charge in [-0.2, -0.15) is 4.98 Å². The zero-order valence-corrected chi connectivity index (χ0v) is 11.9. The molecule has 1 unspecified atom stereocenters. The molecule has 0 amide bonds. The van der Waals surface area contributed by atoms with Crippen LogP contribution in [0.15, 0.2) is 28.8 Å². The van der Waals surface area contributed by atoms with Crippen molar-refractivity contribution in [3.05, 3.63) is 35.2 Å². The van der Waals surface area contributed by atoms with Gasteiger partial charge in [0.15, 0.2) is 0 Å². The summed E-state index contributed by atoms with van der Waals surface area (Å²) < 4.78 is 5.35. The molecule has 1 aromatic heterocycles. The molecule has 1 aromatic carbocycles. The first-order chi connectivity index (χ1) is 8.83. The molecule has 0 aliphatic carbocycles. The summed E-state index contributed by atoms with van der Waals surface area (Å²) in [5.41, 5.74) is 0.929. The van der Waals surface area contributed by atoms with Gasteiger partial charge < -0.3 is 9.84 Å². The van der Waals surface area contributed by atoms with E-state index in [9.17, 15) is 0 Å². The van der Waals surface area contributed by atoms with Gasteiger partial charge in [0, 0.05) is 17.1 Å². The van der Waals surface area contributed by atoms with E-state index in [0.717, 1.165) is 37.4 Å². The quantitative estimate of drug-likeness (QED) is 0.924. The van der Waals surface area contributed by atoms with E-state index in [-0.39, 0.29) is 12.4 Å². The molecule has 1 N–H and O–H groups in total. The standard InChI is InChI=1S/C13H14ClN3O.ClH/c14-11-5-3-9(4-6-11)12-16-13(18-17-12)10-2-1-7-15-8-10;/h3-6,10,15H,1-2,7-8H2;1H. The van der Waals surface area contributed by atoms with Crippen molar-refractivity contribution in [2.24, 2.45) is 0 Å². The molecule has 1 aliphatic heterocycles. The second-order valence-electron chi connectivity index (χ2n) is 4.51. The lowest BCUT2D eigenvalue weighted by Gasteiger charge is -2.18. The third-order valence-electron chi connectivity index (χ3n) is 3.19. The largest absolute Gasteiger partial charge is 0.339 e. The highest BCUT2D eigenvalue weighted by Gasteiger charge is 2.21. The van der Waals surface area contributed by atoms with Gasteiger partial charge in [-0.1, -0.05) is 16.8 Å². The van der Waals surface area contributed by atoms with Crippen LogP contribution in [0, 0.1) is 0 Å². The Labute approximate surface area is 122 Å². The summed E-state index contributed by atoms with van der Waals surface area (Å²) in [6, 6.07) is 7.45. The molecule has 0 radical (unpaired) electrons. The zero-order chi connectivity index (χ0) is 12.4. The number of halogens is 2. The number of nitrogens with one attached hydrogen (secondary N) is 1. The highest BCUT2D eigenvalue weighted by atomic mass is 35.5. The van der Waals surface area contributed by atoms with Gasteiger partial charge in [0.05, 0.1) is 5.92 Å². The number of hydrogen-bond donors (Lipinski definition) is 1. The normalized spacial score (nSPS) is 18.9. The maximum Gasteiger partial charge on any atom is 0.231 e.